The van der Waals surface area contributed by atoms with Gasteiger partial charge in [-0.05, 0) is 31.2 Å². The van der Waals surface area contributed by atoms with E-state index in [1.807, 2.05) is 12.1 Å². The smallest absolute Gasteiger partial charge is 0.186 e. The first-order valence-electron chi connectivity index (χ1n) is 7.48. The van der Waals surface area contributed by atoms with Gasteiger partial charge in [0.25, 0.3) is 0 Å². The lowest BCUT2D eigenvalue weighted by Gasteiger charge is -2.26. The van der Waals surface area contributed by atoms with Crippen LogP contribution in [0.15, 0.2) is 23.3 Å². The van der Waals surface area contributed by atoms with Crippen molar-refractivity contribution in [3.63, 3.8) is 0 Å². The summed E-state index contributed by atoms with van der Waals surface area (Å²) < 4.78 is 5.32. The third-order valence-electron chi connectivity index (χ3n) is 3.39. The van der Waals surface area contributed by atoms with Crippen molar-refractivity contribution in [1.82, 2.24) is 15.6 Å². The van der Waals surface area contributed by atoms with Crippen LogP contribution in [0.2, 0.25) is 10.0 Å². The summed E-state index contributed by atoms with van der Waals surface area (Å²) in [5.74, 6) is 0. The molecule has 1 saturated heterocycles. The third kappa shape index (κ3) is 6.61. The Labute approximate surface area is 152 Å². The molecule has 0 radical (unpaired) electrons. The summed E-state index contributed by atoms with van der Waals surface area (Å²) in [7, 11) is 0. The van der Waals surface area contributed by atoms with E-state index in [9.17, 15) is 0 Å². The molecule has 1 heterocycles. The van der Waals surface area contributed by atoms with Gasteiger partial charge in [-0.15, -0.1) is 0 Å². The van der Waals surface area contributed by atoms with Gasteiger partial charge in [-0.1, -0.05) is 35.3 Å². The standard InChI is InChI=1S/C15H20Cl2N4OS/c16-13-4-1-3-12(14(13)17)11-19-20-15(23)18-5-2-6-21-7-9-22-10-8-21/h1,3-4,11H,2,5-10H2,(H2,18,20,23)/b19-11+. The first kappa shape index (κ1) is 18.4. The summed E-state index contributed by atoms with van der Waals surface area (Å²) in [4.78, 5) is 2.39. The van der Waals surface area contributed by atoms with Crippen LogP contribution in [-0.2, 0) is 4.74 Å². The van der Waals surface area contributed by atoms with Gasteiger partial charge in [0, 0.05) is 25.2 Å². The average molecular weight is 375 g/mol. The molecule has 2 rings (SSSR count). The number of morpholine rings is 1. The second kappa shape index (κ2) is 10.1. The minimum absolute atomic E-state index is 0.476. The average Bonchev–Trinajstić information content (AvgIpc) is 2.56. The van der Waals surface area contributed by atoms with Gasteiger partial charge in [0.2, 0.25) is 0 Å². The van der Waals surface area contributed by atoms with Gasteiger partial charge in [0.1, 0.15) is 0 Å². The Morgan fingerprint density at radius 2 is 2.13 bits per heavy atom. The highest BCUT2D eigenvalue weighted by Crippen LogP contribution is 2.23. The van der Waals surface area contributed by atoms with Crippen molar-refractivity contribution in [2.45, 2.75) is 6.42 Å². The summed E-state index contributed by atoms with van der Waals surface area (Å²) >= 11 is 17.2. The second-order valence-electron chi connectivity index (χ2n) is 5.08. The molecular formula is C15H20Cl2N4OS. The molecule has 0 amide bonds. The van der Waals surface area contributed by atoms with Crippen LogP contribution in [0.1, 0.15) is 12.0 Å². The molecule has 0 aromatic heterocycles. The molecule has 0 unspecified atom stereocenters. The summed E-state index contributed by atoms with van der Waals surface area (Å²) in [5, 5.41) is 8.65. The van der Waals surface area contributed by atoms with Gasteiger partial charge in [-0.2, -0.15) is 5.10 Å². The van der Waals surface area contributed by atoms with Crippen LogP contribution in [0.3, 0.4) is 0 Å². The summed E-state index contributed by atoms with van der Waals surface area (Å²) in [6, 6.07) is 5.38. The Kier molecular flexibility index (Phi) is 8.05. The number of ether oxygens (including phenoxy) is 1. The van der Waals surface area contributed by atoms with Gasteiger partial charge < -0.3 is 10.1 Å². The van der Waals surface area contributed by atoms with Crippen LogP contribution < -0.4 is 10.7 Å². The van der Waals surface area contributed by atoms with E-state index < -0.39 is 0 Å². The van der Waals surface area contributed by atoms with Gasteiger partial charge in [-0.3, -0.25) is 10.3 Å². The minimum Gasteiger partial charge on any atom is -0.379 e. The van der Waals surface area contributed by atoms with Crippen molar-refractivity contribution in [2.24, 2.45) is 5.10 Å². The number of hydrogen-bond acceptors (Lipinski definition) is 4. The Hall–Kier alpha value is -0.920. The fourth-order valence-corrected chi connectivity index (χ4v) is 2.66. The van der Waals surface area contributed by atoms with Crippen LogP contribution in [-0.4, -0.2) is 55.6 Å². The SMILES string of the molecule is S=C(NCCCN1CCOCC1)N/N=C/c1cccc(Cl)c1Cl. The van der Waals surface area contributed by atoms with Crippen LogP contribution >= 0.6 is 35.4 Å². The van der Waals surface area contributed by atoms with E-state index >= 15 is 0 Å². The Balaban J connectivity index is 1.63. The zero-order valence-electron chi connectivity index (χ0n) is 12.7. The first-order chi connectivity index (χ1) is 11.2. The lowest BCUT2D eigenvalue weighted by atomic mass is 10.2. The first-order valence-corrected chi connectivity index (χ1v) is 8.64. The Morgan fingerprint density at radius 3 is 2.91 bits per heavy atom. The number of thiocarbonyl (C=S) groups is 1. The van der Waals surface area contributed by atoms with Crippen LogP contribution in [0.25, 0.3) is 0 Å². The molecular weight excluding hydrogens is 355 g/mol. The quantitative estimate of drug-likeness (QED) is 0.346. The molecule has 8 heteroatoms. The van der Waals surface area contributed by atoms with Crippen molar-refractivity contribution in [3.05, 3.63) is 33.8 Å². The van der Waals surface area contributed by atoms with Crippen LogP contribution in [0.4, 0.5) is 0 Å². The maximum absolute atomic E-state index is 6.07. The zero-order valence-corrected chi connectivity index (χ0v) is 15.1. The van der Waals surface area contributed by atoms with Gasteiger partial charge in [0.05, 0.1) is 29.5 Å². The van der Waals surface area contributed by atoms with Gasteiger partial charge >= 0.3 is 0 Å². The predicted octanol–water partition coefficient (Wildman–Crippen LogP) is 2.51. The van der Waals surface area contributed by atoms with Crippen LogP contribution in [0.5, 0.6) is 0 Å². The van der Waals surface area contributed by atoms with E-state index in [2.05, 4.69) is 20.7 Å². The molecule has 0 spiro atoms. The van der Waals surface area contributed by atoms with Gasteiger partial charge in [-0.25, -0.2) is 0 Å². The van der Waals surface area contributed by atoms with Crippen molar-refractivity contribution in [1.29, 1.82) is 0 Å². The number of nitrogens with zero attached hydrogens (tertiary/aromatic N) is 2. The van der Waals surface area contributed by atoms with Crippen LogP contribution in [0, 0.1) is 0 Å². The molecule has 1 fully saturated rings. The summed E-state index contributed by atoms with van der Waals surface area (Å²) in [6.45, 7) is 5.51. The minimum atomic E-state index is 0.476. The molecule has 1 aliphatic heterocycles. The summed E-state index contributed by atoms with van der Waals surface area (Å²) in [5.41, 5.74) is 3.51. The number of halogens is 2. The van der Waals surface area contributed by atoms with E-state index in [-0.39, 0.29) is 0 Å². The molecule has 5 nitrogen and oxygen atoms in total. The molecule has 1 aromatic carbocycles. The van der Waals surface area contributed by atoms with Crippen molar-refractivity contribution < 1.29 is 4.74 Å². The molecule has 0 aliphatic carbocycles. The largest absolute Gasteiger partial charge is 0.379 e. The highest BCUT2D eigenvalue weighted by Gasteiger charge is 2.09. The predicted molar refractivity (Wildman–Crippen MR) is 99.7 cm³/mol. The maximum atomic E-state index is 6.07. The third-order valence-corrected chi connectivity index (χ3v) is 4.46. The number of benzene rings is 1. The molecule has 0 atom stereocenters. The van der Waals surface area contributed by atoms with Crippen molar-refractivity contribution in [2.75, 3.05) is 39.4 Å². The lowest BCUT2D eigenvalue weighted by Crippen LogP contribution is -2.39. The normalized spacial score (nSPS) is 15.7. The maximum Gasteiger partial charge on any atom is 0.186 e. The fourth-order valence-electron chi connectivity index (χ4n) is 2.15. The molecule has 23 heavy (non-hydrogen) atoms. The fraction of sp³-hybridized carbons (Fsp3) is 0.467. The molecule has 2 N–H and O–H groups in total. The summed E-state index contributed by atoms with van der Waals surface area (Å²) in [6.07, 6.45) is 2.61. The number of hydrazone groups is 1. The molecule has 1 aliphatic rings. The van der Waals surface area contributed by atoms with E-state index in [0.29, 0.717) is 15.2 Å². The molecule has 0 saturated carbocycles. The van der Waals surface area contributed by atoms with Crippen molar-refractivity contribution in [3.8, 4) is 0 Å². The van der Waals surface area contributed by atoms with Crippen molar-refractivity contribution >= 4 is 46.7 Å². The number of rotatable bonds is 6. The Bertz CT molecular complexity index is 550. The second-order valence-corrected chi connectivity index (χ2v) is 6.27. The highest BCUT2D eigenvalue weighted by molar-refractivity contribution is 7.80. The Morgan fingerprint density at radius 1 is 1.35 bits per heavy atom. The number of hydrogen-bond donors (Lipinski definition) is 2. The highest BCUT2D eigenvalue weighted by atomic mass is 35.5. The lowest BCUT2D eigenvalue weighted by molar-refractivity contribution is 0.0376. The van der Waals surface area contributed by atoms with E-state index in [4.69, 9.17) is 40.2 Å². The van der Waals surface area contributed by atoms with E-state index in [0.717, 1.165) is 51.4 Å². The topological polar surface area (TPSA) is 48.9 Å². The molecule has 126 valence electrons. The molecule has 0 bridgehead atoms. The monoisotopic (exact) mass is 374 g/mol. The zero-order chi connectivity index (χ0) is 16.5. The van der Waals surface area contributed by atoms with E-state index in [1.54, 1.807) is 12.3 Å². The van der Waals surface area contributed by atoms with E-state index in [1.165, 1.54) is 0 Å². The van der Waals surface area contributed by atoms with Gasteiger partial charge in [0.15, 0.2) is 5.11 Å². The number of nitrogens with one attached hydrogen (secondary N) is 2. The molecule has 1 aromatic rings.